The van der Waals surface area contributed by atoms with E-state index in [1.165, 1.54) is 161 Å². The van der Waals surface area contributed by atoms with Crippen molar-refractivity contribution in [2.45, 2.75) is 316 Å². The van der Waals surface area contributed by atoms with Crippen molar-refractivity contribution in [1.29, 1.82) is 0 Å². The summed E-state index contributed by atoms with van der Waals surface area (Å²) in [5, 5.41) is 0. The van der Waals surface area contributed by atoms with Gasteiger partial charge in [0.25, 0.3) is 0 Å². The van der Waals surface area contributed by atoms with Gasteiger partial charge in [0.15, 0.2) is 6.10 Å². The van der Waals surface area contributed by atoms with Gasteiger partial charge in [0.05, 0.1) is 0 Å². The third-order valence-electron chi connectivity index (χ3n) is 13.6. The molecule has 6 heteroatoms. The molecule has 6 nitrogen and oxygen atoms in total. The summed E-state index contributed by atoms with van der Waals surface area (Å²) in [6, 6.07) is 0. The van der Waals surface area contributed by atoms with Crippen LogP contribution in [-0.2, 0) is 28.6 Å². The molecule has 74 heavy (non-hydrogen) atoms. The number of unbranched alkanes of at least 4 members (excludes halogenated alkanes) is 32. The van der Waals surface area contributed by atoms with E-state index < -0.39 is 6.10 Å². The molecule has 0 saturated carbocycles. The van der Waals surface area contributed by atoms with Gasteiger partial charge in [-0.05, 0) is 109 Å². The molecule has 0 spiro atoms. The molecule has 0 amide bonds. The number of allylic oxidation sites excluding steroid dienone is 14. The first kappa shape index (κ1) is 70.6. The Kier molecular flexibility index (Phi) is 59.3. The monoisotopic (exact) mass is 1030 g/mol. The molecule has 0 aromatic carbocycles. The Morgan fingerprint density at radius 1 is 0.284 bits per heavy atom. The van der Waals surface area contributed by atoms with Crippen LogP contribution in [-0.4, -0.2) is 37.2 Å². The van der Waals surface area contributed by atoms with Gasteiger partial charge in [-0.1, -0.05) is 266 Å². The Hall–Kier alpha value is -3.41. The predicted molar refractivity (Wildman–Crippen MR) is 321 cm³/mol. The van der Waals surface area contributed by atoms with Gasteiger partial charge in [0.1, 0.15) is 13.2 Å². The quantitative estimate of drug-likeness (QED) is 0.0261. The maximum absolute atomic E-state index is 12.9. The van der Waals surface area contributed by atoms with E-state index in [0.29, 0.717) is 19.3 Å². The van der Waals surface area contributed by atoms with Crippen molar-refractivity contribution in [3.05, 3.63) is 85.1 Å². The summed E-state index contributed by atoms with van der Waals surface area (Å²) >= 11 is 0. The van der Waals surface area contributed by atoms with Crippen LogP contribution in [0.4, 0.5) is 0 Å². The van der Waals surface area contributed by atoms with Gasteiger partial charge in [0.2, 0.25) is 0 Å². The second-order valence-electron chi connectivity index (χ2n) is 20.9. The number of rotatable bonds is 57. The smallest absolute Gasteiger partial charge is 0.306 e. The Morgan fingerprint density at radius 3 is 0.892 bits per heavy atom. The summed E-state index contributed by atoms with van der Waals surface area (Å²) < 4.78 is 16.9. The van der Waals surface area contributed by atoms with E-state index in [1.807, 2.05) is 0 Å². The average molecular weight is 1030 g/mol. The average Bonchev–Trinajstić information content (AvgIpc) is 3.40. The molecule has 1 unspecified atom stereocenters. The highest BCUT2D eigenvalue weighted by Gasteiger charge is 2.19. The normalized spacial score (nSPS) is 12.6. The number of carbonyl (C=O) groups is 3. The largest absolute Gasteiger partial charge is 0.462 e. The van der Waals surface area contributed by atoms with Gasteiger partial charge in [-0.15, -0.1) is 0 Å². The van der Waals surface area contributed by atoms with Crippen LogP contribution in [0.2, 0.25) is 0 Å². The van der Waals surface area contributed by atoms with Crippen LogP contribution < -0.4 is 0 Å². The highest BCUT2D eigenvalue weighted by Crippen LogP contribution is 2.16. The maximum atomic E-state index is 12.9. The molecule has 0 radical (unpaired) electrons. The molecule has 0 fully saturated rings. The molecule has 0 aliphatic carbocycles. The van der Waals surface area contributed by atoms with Gasteiger partial charge in [-0.2, -0.15) is 0 Å². The molecule has 0 aliphatic rings. The van der Waals surface area contributed by atoms with Gasteiger partial charge >= 0.3 is 17.9 Å². The number of hydrogen-bond acceptors (Lipinski definition) is 6. The predicted octanol–water partition coefficient (Wildman–Crippen LogP) is 21.5. The number of hydrogen-bond donors (Lipinski definition) is 0. The minimum Gasteiger partial charge on any atom is -0.462 e. The first-order valence-corrected chi connectivity index (χ1v) is 31.6. The van der Waals surface area contributed by atoms with Crippen molar-refractivity contribution in [3.8, 4) is 0 Å². The summed E-state index contributed by atoms with van der Waals surface area (Å²) in [6.07, 6.45) is 81.7. The second kappa shape index (κ2) is 62.1. The zero-order valence-corrected chi connectivity index (χ0v) is 48.8. The van der Waals surface area contributed by atoms with E-state index in [1.54, 1.807) is 0 Å². The highest BCUT2D eigenvalue weighted by atomic mass is 16.6. The Morgan fingerprint density at radius 2 is 0.554 bits per heavy atom. The Labute approximate surface area is 458 Å². The van der Waals surface area contributed by atoms with Crippen molar-refractivity contribution in [3.63, 3.8) is 0 Å². The van der Waals surface area contributed by atoms with Gasteiger partial charge in [-0.3, -0.25) is 14.4 Å². The Bertz CT molecular complexity index is 1420. The zero-order chi connectivity index (χ0) is 53.6. The Balaban J connectivity index is 4.28. The number of ether oxygens (including phenoxy) is 3. The lowest BCUT2D eigenvalue weighted by atomic mass is 10.0. The van der Waals surface area contributed by atoms with E-state index in [-0.39, 0.29) is 31.1 Å². The molecular formula is C68H118O6. The van der Waals surface area contributed by atoms with Crippen molar-refractivity contribution < 1.29 is 28.6 Å². The lowest BCUT2D eigenvalue weighted by molar-refractivity contribution is -0.167. The summed E-state index contributed by atoms with van der Waals surface area (Å²) in [5.74, 6) is -0.896. The maximum Gasteiger partial charge on any atom is 0.306 e. The van der Waals surface area contributed by atoms with Crippen LogP contribution in [0.15, 0.2) is 85.1 Å². The van der Waals surface area contributed by atoms with Crippen LogP contribution in [0.3, 0.4) is 0 Å². The minimum atomic E-state index is -0.785. The molecular weight excluding hydrogens is 913 g/mol. The summed E-state index contributed by atoms with van der Waals surface area (Å²) in [5.41, 5.74) is 0. The fraction of sp³-hybridized carbons (Fsp3) is 0.750. The van der Waals surface area contributed by atoms with E-state index in [2.05, 4.69) is 106 Å². The zero-order valence-electron chi connectivity index (χ0n) is 48.8. The fourth-order valence-electron chi connectivity index (χ4n) is 8.88. The van der Waals surface area contributed by atoms with Crippen LogP contribution >= 0.6 is 0 Å². The van der Waals surface area contributed by atoms with Crippen LogP contribution in [0, 0.1) is 0 Å². The van der Waals surface area contributed by atoms with Crippen LogP contribution in [0.25, 0.3) is 0 Å². The lowest BCUT2D eigenvalue weighted by Gasteiger charge is -2.18. The summed E-state index contributed by atoms with van der Waals surface area (Å²) in [6.45, 7) is 6.47. The van der Waals surface area contributed by atoms with Gasteiger partial charge < -0.3 is 14.2 Å². The first-order valence-electron chi connectivity index (χ1n) is 31.6. The summed E-state index contributed by atoms with van der Waals surface area (Å²) in [4.78, 5) is 38.2. The standard InChI is InChI=1S/C68H118O6/c1-4-7-10-13-16-19-22-24-26-28-30-32-34-36-38-40-42-44-46-49-52-55-58-61-67(70)73-64-65(63-72-66(69)60-57-54-51-48-21-18-15-12-9-6-3)74-68(71)62-59-56-53-50-47-45-43-41-39-37-35-33-31-29-27-25-23-20-17-14-11-8-5-2/h7,10,12,15-16,19,24,26,29-32,36,38,65H,4-6,8-9,11,13-14,17-18,20-23,25,27-28,33-35,37,39-64H2,1-3H3/b10-7-,15-12-,19-16-,26-24-,31-29-,32-30-,38-36-. The van der Waals surface area contributed by atoms with E-state index in [0.717, 1.165) is 109 Å². The highest BCUT2D eigenvalue weighted by molar-refractivity contribution is 5.71. The molecule has 426 valence electrons. The molecule has 0 aromatic rings. The molecule has 0 bridgehead atoms. The van der Waals surface area contributed by atoms with Crippen LogP contribution in [0.1, 0.15) is 310 Å². The number of esters is 3. The SMILES string of the molecule is CC/C=C\C/C=C\C/C=C\C/C=C\C/C=C\CCCCCCCCCC(=O)OCC(COC(=O)CCCCCCC/C=C\CCC)OC(=O)CCCCCCCCCCCCC/C=C\CCCCCCCCCC. The fourth-order valence-corrected chi connectivity index (χ4v) is 8.88. The lowest BCUT2D eigenvalue weighted by Crippen LogP contribution is -2.30. The topological polar surface area (TPSA) is 78.9 Å². The molecule has 0 saturated heterocycles. The van der Waals surface area contributed by atoms with E-state index in [9.17, 15) is 14.4 Å². The molecule has 0 aromatic heterocycles. The molecule has 0 aliphatic heterocycles. The first-order chi connectivity index (χ1) is 36.5. The van der Waals surface area contributed by atoms with E-state index in [4.69, 9.17) is 14.2 Å². The molecule has 0 N–H and O–H groups in total. The van der Waals surface area contributed by atoms with Gasteiger partial charge in [-0.25, -0.2) is 0 Å². The van der Waals surface area contributed by atoms with Gasteiger partial charge in [0, 0.05) is 19.3 Å². The van der Waals surface area contributed by atoms with Crippen molar-refractivity contribution in [2.75, 3.05) is 13.2 Å². The van der Waals surface area contributed by atoms with Crippen molar-refractivity contribution in [1.82, 2.24) is 0 Å². The van der Waals surface area contributed by atoms with E-state index >= 15 is 0 Å². The molecule has 0 heterocycles. The van der Waals surface area contributed by atoms with Crippen LogP contribution in [0.5, 0.6) is 0 Å². The van der Waals surface area contributed by atoms with Crippen molar-refractivity contribution >= 4 is 17.9 Å². The third kappa shape index (κ3) is 59.5. The van der Waals surface area contributed by atoms with Crippen molar-refractivity contribution in [2.24, 2.45) is 0 Å². The molecule has 0 rings (SSSR count). The summed E-state index contributed by atoms with van der Waals surface area (Å²) in [7, 11) is 0. The number of carbonyl (C=O) groups excluding carboxylic acids is 3. The minimum absolute atomic E-state index is 0.0839. The molecule has 1 atom stereocenters. The second-order valence-corrected chi connectivity index (χ2v) is 20.9. The third-order valence-corrected chi connectivity index (χ3v) is 13.6.